The number of hydrogen-bond acceptors (Lipinski definition) is 4. The third-order valence-corrected chi connectivity index (χ3v) is 2.98. The molecule has 1 rings (SSSR count). The normalized spacial score (nSPS) is 10.3. The third-order valence-electron chi connectivity index (χ3n) is 2.63. The second-order valence-electron chi connectivity index (χ2n) is 3.81. The van der Waals surface area contributed by atoms with Gasteiger partial charge in [0.2, 0.25) is 0 Å². The number of rotatable bonds is 6. The standard InChI is InChI=1S/C12H14ClN3O2/c1-2-15(7-3-6-14)9-10-4-5-11(16(17)18)8-12(10)13/h4-5,8H,2-3,7,9H2,1H3. The van der Waals surface area contributed by atoms with E-state index in [2.05, 4.69) is 11.0 Å². The maximum Gasteiger partial charge on any atom is 0.270 e. The monoisotopic (exact) mass is 267 g/mol. The maximum absolute atomic E-state index is 10.6. The number of nitriles is 1. The SMILES string of the molecule is CCN(CCC#N)Cc1ccc([N+](=O)[O-])cc1Cl. The molecule has 0 unspecified atom stereocenters. The summed E-state index contributed by atoms with van der Waals surface area (Å²) in [6.07, 6.45) is 0.457. The summed E-state index contributed by atoms with van der Waals surface area (Å²) in [6.45, 7) is 4.06. The van der Waals surface area contributed by atoms with Crippen LogP contribution in [-0.4, -0.2) is 22.9 Å². The zero-order chi connectivity index (χ0) is 13.5. The Bertz CT molecular complexity index is 471. The molecule has 0 radical (unpaired) electrons. The molecule has 5 nitrogen and oxygen atoms in total. The first kappa shape index (κ1) is 14.4. The van der Waals surface area contributed by atoms with E-state index >= 15 is 0 Å². The Balaban J connectivity index is 2.78. The summed E-state index contributed by atoms with van der Waals surface area (Å²) in [5.74, 6) is 0. The van der Waals surface area contributed by atoms with Crippen LogP contribution < -0.4 is 0 Å². The maximum atomic E-state index is 10.6. The molecule has 0 aliphatic carbocycles. The highest BCUT2D eigenvalue weighted by Crippen LogP contribution is 2.23. The first-order valence-corrected chi connectivity index (χ1v) is 5.98. The van der Waals surface area contributed by atoms with E-state index in [1.54, 1.807) is 6.07 Å². The van der Waals surface area contributed by atoms with Crippen molar-refractivity contribution in [3.05, 3.63) is 38.9 Å². The molecule has 18 heavy (non-hydrogen) atoms. The fraction of sp³-hybridized carbons (Fsp3) is 0.417. The smallest absolute Gasteiger partial charge is 0.270 e. The van der Waals surface area contributed by atoms with Gasteiger partial charge in [0.25, 0.3) is 5.69 Å². The predicted octanol–water partition coefficient (Wildman–Crippen LogP) is 2.98. The highest BCUT2D eigenvalue weighted by atomic mass is 35.5. The van der Waals surface area contributed by atoms with Gasteiger partial charge >= 0.3 is 0 Å². The molecule has 0 aromatic heterocycles. The van der Waals surface area contributed by atoms with Crippen LogP contribution in [-0.2, 0) is 6.54 Å². The average Bonchev–Trinajstić information content (AvgIpc) is 2.35. The van der Waals surface area contributed by atoms with Gasteiger partial charge in [-0.05, 0) is 18.2 Å². The van der Waals surface area contributed by atoms with Crippen LogP contribution >= 0.6 is 11.6 Å². The van der Waals surface area contributed by atoms with Crippen LogP contribution in [0.4, 0.5) is 5.69 Å². The second-order valence-corrected chi connectivity index (χ2v) is 4.22. The summed E-state index contributed by atoms with van der Waals surface area (Å²) in [5.41, 5.74) is 0.825. The molecular formula is C12H14ClN3O2. The quantitative estimate of drug-likeness (QED) is 0.587. The van der Waals surface area contributed by atoms with Crippen molar-refractivity contribution in [3.8, 4) is 6.07 Å². The summed E-state index contributed by atoms with van der Waals surface area (Å²) < 4.78 is 0. The van der Waals surface area contributed by atoms with Crippen molar-refractivity contribution in [3.63, 3.8) is 0 Å². The Morgan fingerprint density at radius 2 is 2.28 bits per heavy atom. The van der Waals surface area contributed by atoms with Crippen molar-refractivity contribution in [1.82, 2.24) is 4.90 Å². The fourth-order valence-electron chi connectivity index (χ4n) is 1.58. The van der Waals surface area contributed by atoms with Gasteiger partial charge in [0.1, 0.15) is 0 Å². The van der Waals surface area contributed by atoms with E-state index in [1.807, 2.05) is 6.92 Å². The first-order chi connectivity index (χ1) is 8.58. The average molecular weight is 268 g/mol. The lowest BCUT2D eigenvalue weighted by Gasteiger charge is -2.19. The van der Waals surface area contributed by atoms with E-state index in [0.29, 0.717) is 24.5 Å². The van der Waals surface area contributed by atoms with Crippen molar-refractivity contribution >= 4 is 17.3 Å². The van der Waals surface area contributed by atoms with Crippen molar-refractivity contribution in [1.29, 1.82) is 5.26 Å². The molecule has 0 amide bonds. The lowest BCUT2D eigenvalue weighted by molar-refractivity contribution is -0.384. The molecule has 0 saturated heterocycles. The van der Waals surface area contributed by atoms with Gasteiger partial charge in [0.15, 0.2) is 0 Å². The molecule has 0 aliphatic rings. The number of nitrogens with zero attached hydrogens (tertiary/aromatic N) is 3. The van der Waals surface area contributed by atoms with E-state index in [9.17, 15) is 10.1 Å². The fourth-order valence-corrected chi connectivity index (χ4v) is 1.81. The largest absolute Gasteiger partial charge is 0.298 e. The van der Waals surface area contributed by atoms with Crippen molar-refractivity contribution in [2.24, 2.45) is 0 Å². The van der Waals surface area contributed by atoms with Crippen molar-refractivity contribution < 1.29 is 4.92 Å². The molecule has 0 atom stereocenters. The van der Waals surface area contributed by atoms with Crippen LogP contribution in [0, 0.1) is 21.4 Å². The molecule has 0 bridgehead atoms. The van der Waals surface area contributed by atoms with Gasteiger partial charge in [-0.3, -0.25) is 15.0 Å². The second kappa shape index (κ2) is 6.94. The summed E-state index contributed by atoms with van der Waals surface area (Å²) in [5, 5.41) is 19.5. The molecule has 0 spiro atoms. The van der Waals surface area contributed by atoms with Gasteiger partial charge in [-0.25, -0.2) is 0 Å². The lowest BCUT2D eigenvalue weighted by Crippen LogP contribution is -2.23. The van der Waals surface area contributed by atoms with E-state index in [0.717, 1.165) is 12.1 Å². The molecule has 1 aromatic carbocycles. The van der Waals surface area contributed by atoms with Crippen LogP contribution in [0.1, 0.15) is 18.9 Å². The highest BCUT2D eigenvalue weighted by molar-refractivity contribution is 6.31. The van der Waals surface area contributed by atoms with E-state index in [1.165, 1.54) is 12.1 Å². The lowest BCUT2D eigenvalue weighted by atomic mass is 10.2. The molecule has 0 fully saturated rings. The minimum Gasteiger partial charge on any atom is -0.298 e. The number of non-ortho nitro benzene ring substituents is 1. The molecule has 0 heterocycles. The van der Waals surface area contributed by atoms with Crippen LogP contribution in [0.3, 0.4) is 0 Å². The molecule has 96 valence electrons. The van der Waals surface area contributed by atoms with E-state index in [-0.39, 0.29) is 5.69 Å². The minimum atomic E-state index is -0.469. The van der Waals surface area contributed by atoms with Crippen LogP contribution in [0.25, 0.3) is 0 Å². The van der Waals surface area contributed by atoms with Gasteiger partial charge in [-0.2, -0.15) is 5.26 Å². The third kappa shape index (κ3) is 3.99. The summed E-state index contributed by atoms with van der Waals surface area (Å²) in [4.78, 5) is 12.2. The molecule has 0 aliphatic heterocycles. The zero-order valence-corrected chi connectivity index (χ0v) is 10.9. The summed E-state index contributed by atoms with van der Waals surface area (Å²) in [7, 11) is 0. The van der Waals surface area contributed by atoms with E-state index in [4.69, 9.17) is 16.9 Å². The van der Waals surface area contributed by atoms with Crippen LogP contribution in [0.5, 0.6) is 0 Å². The van der Waals surface area contributed by atoms with Gasteiger partial charge in [-0.15, -0.1) is 0 Å². The van der Waals surface area contributed by atoms with Crippen LogP contribution in [0.2, 0.25) is 5.02 Å². The number of hydrogen-bond donors (Lipinski definition) is 0. The van der Waals surface area contributed by atoms with Gasteiger partial charge in [-0.1, -0.05) is 18.5 Å². The number of nitro groups is 1. The predicted molar refractivity (Wildman–Crippen MR) is 69.3 cm³/mol. The van der Waals surface area contributed by atoms with Crippen molar-refractivity contribution in [2.45, 2.75) is 19.9 Å². The molecule has 6 heteroatoms. The van der Waals surface area contributed by atoms with E-state index < -0.39 is 4.92 Å². The van der Waals surface area contributed by atoms with Gasteiger partial charge in [0.05, 0.1) is 16.0 Å². The Kier molecular flexibility index (Phi) is 5.56. The number of nitro benzene ring substituents is 1. The zero-order valence-electron chi connectivity index (χ0n) is 10.1. The molecule has 0 saturated carbocycles. The summed E-state index contributed by atoms with van der Waals surface area (Å²) in [6, 6.07) is 6.56. The van der Waals surface area contributed by atoms with Crippen LogP contribution in [0.15, 0.2) is 18.2 Å². The van der Waals surface area contributed by atoms with Gasteiger partial charge < -0.3 is 0 Å². The Labute approximate surface area is 111 Å². The summed E-state index contributed by atoms with van der Waals surface area (Å²) >= 11 is 6.01. The van der Waals surface area contributed by atoms with Gasteiger partial charge in [0, 0.05) is 31.6 Å². The Morgan fingerprint density at radius 1 is 1.56 bits per heavy atom. The van der Waals surface area contributed by atoms with Crippen molar-refractivity contribution in [2.75, 3.05) is 13.1 Å². The number of halogens is 1. The first-order valence-electron chi connectivity index (χ1n) is 5.60. The Morgan fingerprint density at radius 3 is 2.78 bits per heavy atom. The highest BCUT2D eigenvalue weighted by Gasteiger charge is 2.11. The molecular weight excluding hydrogens is 254 g/mol. The topological polar surface area (TPSA) is 70.2 Å². The molecule has 1 aromatic rings. The number of benzene rings is 1. The minimum absolute atomic E-state index is 0.0103. The molecule has 0 N–H and O–H groups in total. The Hall–Kier alpha value is -1.64.